The molecule has 22 heavy (non-hydrogen) atoms. The van der Waals surface area contributed by atoms with Crippen molar-refractivity contribution in [1.82, 2.24) is 5.32 Å². The number of carbonyl (C=O) groups excluding carboxylic acids is 1. The molecule has 0 saturated heterocycles. The second-order valence-corrected chi connectivity index (χ2v) is 7.82. The largest absolute Gasteiger partial charge is 0.493 e. The smallest absolute Gasteiger partial charge is 0.230 e. The molecule has 1 aliphatic carbocycles. The summed E-state index contributed by atoms with van der Waals surface area (Å²) in [5.74, 6) is 2.97. The van der Waals surface area contributed by atoms with Crippen LogP contribution < -0.4 is 10.1 Å². The summed E-state index contributed by atoms with van der Waals surface area (Å²) in [6, 6.07) is 8.18. The van der Waals surface area contributed by atoms with E-state index in [1.807, 2.05) is 24.3 Å². The quantitative estimate of drug-likeness (QED) is 0.712. The second kappa shape index (κ2) is 9.46. The van der Waals surface area contributed by atoms with Crippen molar-refractivity contribution >= 4 is 33.6 Å². The molecule has 1 fully saturated rings. The zero-order valence-electron chi connectivity index (χ0n) is 13.0. The van der Waals surface area contributed by atoms with Crippen LogP contribution in [0.4, 0.5) is 0 Å². The minimum atomic E-state index is 0.159. The fourth-order valence-corrected chi connectivity index (χ4v) is 3.71. The van der Waals surface area contributed by atoms with Crippen molar-refractivity contribution in [2.24, 2.45) is 5.92 Å². The van der Waals surface area contributed by atoms with Crippen LogP contribution in [0, 0.1) is 5.92 Å². The zero-order valence-corrected chi connectivity index (χ0v) is 15.4. The Morgan fingerprint density at radius 1 is 1.41 bits per heavy atom. The SMILES string of the molecule is C[C@H]1CCCC[C@H]1NC(=O)CSCCOc1cccc(Br)c1. The lowest BCUT2D eigenvalue weighted by Gasteiger charge is -2.29. The Kier molecular flexibility index (Phi) is 7.60. The number of rotatable bonds is 7. The van der Waals surface area contributed by atoms with Gasteiger partial charge in [0.05, 0.1) is 12.4 Å². The molecular formula is C17H24BrNO2S. The Morgan fingerprint density at radius 2 is 2.23 bits per heavy atom. The van der Waals surface area contributed by atoms with Gasteiger partial charge in [-0.15, -0.1) is 11.8 Å². The van der Waals surface area contributed by atoms with Crippen LogP contribution in [0.1, 0.15) is 32.6 Å². The van der Waals surface area contributed by atoms with Gasteiger partial charge in [-0.3, -0.25) is 4.79 Å². The van der Waals surface area contributed by atoms with Crippen molar-refractivity contribution in [3.63, 3.8) is 0 Å². The van der Waals surface area contributed by atoms with E-state index in [1.165, 1.54) is 19.3 Å². The maximum Gasteiger partial charge on any atom is 0.230 e. The molecule has 0 aliphatic heterocycles. The highest BCUT2D eigenvalue weighted by Gasteiger charge is 2.22. The highest BCUT2D eigenvalue weighted by molar-refractivity contribution is 9.10. The molecule has 0 radical (unpaired) electrons. The van der Waals surface area contributed by atoms with Crippen LogP contribution in [0.2, 0.25) is 0 Å². The molecule has 2 rings (SSSR count). The lowest BCUT2D eigenvalue weighted by Crippen LogP contribution is -2.41. The second-order valence-electron chi connectivity index (χ2n) is 5.79. The van der Waals surface area contributed by atoms with E-state index in [1.54, 1.807) is 11.8 Å². The van der Waals surface area contributed by atoms with E-state index in [2.05, 4.69) is 28.2 Å². The van der Waals surface area contributed by atoms with Gasteiger partial charge in [-0.25, -0.2) is 0 Å². The summed E-state index contributed by atoms with van der Waals surface area (Å²) in [4.78, 5) is 12.0. The third kappa shape index (κ3) is 6.21. The first-order valence-electron chi connectivity index (χ1n) is 7.90. The highest BCUT2D eigenvalue weighted by Crippen LogP contribution is 2.23. The first-order chi connectivity index (χ1) is 10.6. The summed E-state index contributed by atoms with van der Waals surface area (Å²) >= 11 is 5.04. The maximum absolute atomic E-state index is 12.0. The molecule has 0 unspecified atom stereocenters. The standard InChI is InChI=1S/C17H24BrNO2S/c1-13-5-2-3-8-16(13)19-17(20)12-22-10-9-21-15-7-4-6-14(18)11-15/h4,6-7,11,13,16H,2-3,5,8-10,12H2,1H3,(H,19,20)/t13-,16+/m0/s1. The highest BCUT2D eigenvalue weighted by atomic mass is 79.9. The topological polar surface area (TPSA) is 38.3 Å². The molecule has 0 spiro atoms. The number of ether oxygens (including phenoxy) is 1. The molecule has 0 heterocycles. The number of nitrogens with one attached hydrogen (secondary N) is 1. The van der Waals surface area contributed by atoms with Gasteiger partial charge in [0.15, 0.2) is 0 Å². The molecule has 5 heteroatoms. The minimum absolute atomic E-state index is 0.159. The molecule has 1 amide bonds. The van der Waals surface area contributed by atoms with E-state index >= 15 is 0 Å². The van der Waals surface area contributed by atoms with Gasteiger partial charge in [-0.1, -0.05) is 41.8 Å². The fraction of sp³-hybridized carbons (Fsp3) is 0.588. The third-order valence-electron chi connectivity index (χ3n) is 3.98. The molecule has 0 aromatic heterocycles. The van der Waals surface area contributed by atoms with E-state index in [-0.39, 0.29) is 5.91 Å². The monoisotopic (exact) mass is 385 g/mol. The molecule has 1 saturated carbocycles. The summed E-state index contributed by atoms with van der Waals surface area (Å²) in [5, 5.41) is 3.18. The maximum atomic E-state index is 12.0. The van der Waals surface area contributed by atoms with E-state index < -0.39 is 0 Å². The summed E-state index contributed by atoms with van der Waals surface area (Å²) in [5.41, 5.74) is 0. The number of hydrogen-bond donors (Lipinski definition) is 1. The number of thioether (sulfide) groups is 1. The third-order valence-corrected chi connectivity index (χ3v) is 5.40. The van der Waals surface area contributed by atoms with Gasteiger partial charge >= 0.3 is 0 Å². The predicted molar refractivity (Wildman–Crippen MR) is 96.5 cm³/mol. The van der Waals surface area contributed by atoms with Gasteiger partial charge in [0.1, 0.15) is 5.75 Å². The Morgan fingerprint density at radius 3 is 3.00 bits per heavy atom. The van der Waals surface area contributed by atoms with Crippen molar-refractivity contribution in [1.29, 1.82) is 0 Å². The van der Waals surface area contributed by atoms with Crippen LogP contribution in [0.15, 0.2) is 28.7 Å². The summed E-state index contributed by atoms with van der Waals surface area (Å²) in [6.07, 6.45) is 4.90. The normalized spacial score (nSPS) is 21.4. The van der Waals surface area contributed by atoms with Crippen LogP contribution in [-0.2, 0) is 4.79 Å². The van der Waals surface area contributed by atoms with Crippen molar-refractivity contribution in [2.45, 2.75) is 38.6 Å². The lowest BCUT2D eigenvalue weighted by molar-refractivity contribution is -0.119. The average Bonchev–Trinajstić information content (AvgIpc) is 2.49. The van der Waals surface area contributed by atoms with Crippen molar-refractivity contribution in [2.75, 3.05) is 18.1 Å². The average molecular weight is 386 g/mol. The molecular weight excluding hydrogens is 362 g/mol. The van der Waals surface area contributed by atoms with Gasteiger partial charge in [0.2, 0.25) is 5.91 Å². The molecule has 3 nitrogen and oxygen atoms in total. The number of amides is 1. The number of hydrogen-bond acceptors (Lipinski definition) is 3. The van der Waals surface area contributed by atoms with Crippen LogP contribution >= 0.6 is 27.7 Å². The van der Waals surface area contributed by atoms with Crippen molar-refractivity contribution < 1.29 is 9.53 Å². The Balaban J connectivity index is 1.57. The summed E-state index contributed by atoms with van der Waals surface area (Å²) < 4.78 is 6.67. The van der Waals surface area contributed by atoms with Gasteiger partial charge in [0.25, 0.3) is 0 Å². The van der Waals surface area contributed by atoms with Crippen LogP contribution in [0.5, 0.6) is 5.75 Å². The lowest BCUT2D eigenvalue weighted by atomic mass is 9.86. The number of carbonyl (C=O) groups is 1. The predicted octanol–water partition coefficient (Wildman–Crippen LogP) is 4.26. The van der Waals surface area contributed by atoms with Crippen LogP contribution in [-0.4, -0.2) is 30.1 Å². The van der Waals surface area contributed by atoms with Gasteiger partial charge < -0.3 is 10.1 Å². The fourth-order valence-electron chi connectivity index (χ4n) is 2.72. The molecule has 122 valence electrons. The van der Waals surface area contributed by atoms with E-state index in [0.29, 0.717) is 24.3 Å². The van der Waals surface area contributed by atoms with E-state index in [4.69, 9.17) is 4.74 Å². The number of halogens is 1. The van der Waals surface area contributed by atoms with E-state index in [9.17, 15) is 4.79 Å². The Labute approximate surface area is 145 Å². The van der Waals surface area contributed by atoms with Gasteiger partial charge in [-0.2, -0.15) is 0 Å². The first kappa shape index (κ1) is 17.7. The van der Waals surface area contributed by atoms with Crippen LogP contribution in [0.3, 0.4) is 0 Å². The van der Waals surface area contributed by atoms with Crippen molar-refractivity contribution in [3.05, 3.63) is 28.7 Å². The van der Waals surface area contributed by atoms with Gasteiger partial charge in [0, 0.05) is 16.3 Å². The molecule has 1 aromatic rings. The Hall–Kier alpha value is -0.680. The molecule has 1 aromatic carbocycles. The molecule has 2 atom stereocenters. The molecule has 1 N–H and O–H groups in total. The zero-order chi connectivity index (χ0) is 15.8. The minimum Gasteiger partial charge on any atom is -0.493 e. The van der Waals surface area contributed by atoms with Crippen molar-refractivity contribution in [3.8, 4) is 5.75 Å². The molecule has 0 bridgehead atoms. The first-order valence-corrected chi connectivity index (χ1v) is 9.85. The summed E-state index contributed by atoms with van der Waals surface area (Å²) in [7, 11) is 0. The summed E-state index contributed by atoms with van der Waals surface area (Å²) in [6.45, 7) is 2.86. The Bertz CT molecular complexity index is 483. The van der Waals surface area contributed by atoms with Crippen LogP contribution in [0.25, 0.3) is 0 Å². The van der Waals surface area contributed by atoms with E-state index in [0.717, 1.165) is 22.4 Å². The number of benzene rings is 1. The van der Waals surface area contributed by atoms with Gasteiger partial charge in [-0.05, 0) is 37.0 Å². The molecule has 1 aliphatic rings.